The maximum absolute atomic E-state index is 11.9. The van der Waals surface area contributed by atoms with E-state index in [0.717, 1.165) is 16.7 Å². The molecule has 0 saturated heterocycles. The summed E-state index contributed by atoms with van der Waals surface area (Å²) in [6.07, 6.45) is 0.544. The van der Waals surface area contributed by atoms with Crippen molar-refractivity contribution in [2.24, 2.45) is 5.14 Å². The number of rotatable bonds is 7. The third kappa shape index (κ3) is 5.24. The molecule has 0 bridgehead atoms. The van der Waals surface area contributed by atoms with Gasteiger partial charge in [-0.3, -0.25) is 4.79 Å². The molecule has 0 saturated carbocycles. The highest BCUT2D eigenvalue weighted by Crippen LogP contribution is 2.18. The largest absolute Gasteiger partial charge is 0.457 e. The van der Waals surface area contributed by atoms with Crippen molar-refractivity contribution in [1.29, 1.82) is 0 Å². The summed E-state index contributed by atoms with van der Waals surface area (Å²) in [7, 11) is -3.72. The minimum Gasteiger partial charge on any atom is -0.457 e. The van der Waals surface area contributed by atoms with Gasteiger partial charge in [0.2, 0.25) is 15.8 Å². The molecule has 0 spiro atoms. The van der Waals surface area contributed by atoms with E-state index >= 15 is 0 Å². The van der Waals surface area contributed by atoms with Crippen molar-refractivity contribution < 1.29 is 22.5 Å². The lowest BCUT2D eigenvalue weighted by atomic mass is 10.1. The molecule has 146 valence electrons. The van der Waals surface area contributed by atoms with Crippen molar-refractivity contribution in [1.82, 2.24) is 10.1 Å². The van der Waals surface area contributed by atoms with Gasteiger partial charge in [0.1, 0.15) is 0 Å². The molecule has 0 radical (unpaired) electrons. The van der Waals surface area contributed by atoms with Gasteiger partial charge >= 0.3 is 5.97 Å². The van der Waals surface area contributed by atoms with Crippen LogP contribution in [0.3, 0.4) is 0 Å². The van der Waals surface area contributed by atoms with Crippen LogP contribution in [0.15, 0.2) is 57.9 Å². The summed E-state index contributed by atoms with van der Waals surface area (Å²) < 4.78 is 32.8. The summed E-state index contributed by atoms with van der Waals surface area (Å²) in [6, 6.07) is 13.7. The van der Waals surface area contributed by atoms with E-state index in [1.54, 1.807) is 12.1 Å². The topological polar surface area (TPSA) is 125 Å². The number of nitrogens with zero attached hydrogens (tertiary/aromatic N) is 2. The Hall–Kier alpha value is -3.04. The summed E-state index contributed by atoms with van der Waals surface area (Å²) in [5.74, 6) is 0.222. The van der Waals surface area contributed by atoms with E-state index in [9.17, 15) is 13.2 Å². The average Bonchev–Trinajstić information content (AvgIpc) is 3.14. The van der Waals surface area contributed by atoms with Crippen molar-refractivity contribution in [3.05, 3.63) is 65.5 Å². The number of hydrogen-bond donors (Lipinski definition) is 1. The molecule has 3 aromatic rings. The SMILES string of the molecule is Cc1ccc(-c2nc(COC(=O)CCc3ccc(S(N)(=O)=O)cc3)no2)cc1. The number of ether oxygens (including phenoxy) is 1. The van der Waals surface area contributed by atoms with Gasteiger partial charge in [0.25, 0.3) is 5.89 Å². The normalized spacial score (nSPS) is 11.4. The van der Waals surface area contributed by atoms with Gasteiger partial charge in [-0.2, -0.15) is 4.98 Å². The van der Waals surface area contributed by atoms with E-state index in [2.05, 4.69) is 10.1 Å². The highest BCUT2D eigenvalue weighted by atomic mass is 32.2. The van der Waals surface area contributed by atoms with E-state index in [-0.39, 0.29) is 23.7 Å². The van der Waals surface area contributed by atoms with Crippen LogP contribution in [0.2, 0.25) is 0 Å². The number of aryl methyl sites for hydroxylation is 2. The van der Waals surface area contributed by atoms with E-state index in [1.165, 1.54) is 12.1 Å². The van der Waals surface area contributed by atoms with Gasteiger partial charge in [0, 0.05) is 12.0 Å². The first-order chi connectivity index (χ1) is 13.3. The van der Waals surface area contributed by atoms with Gasteiger partial charge in [-0.25, -0.2) is 13.6 Å². The predicted molar refractivity (Wildman–Crippen MR) is 100 cm³/mol. The molecular formula is C19H19N3O5S. The molecule has 0 aliphatic rings. The van der Waals surface area contributed by atoms with Crippen molar-refractivity contribution in [2.75, 3.05) is 0 Å². The van der Waals surface area contributed by atoms with Crippen molar-refractivity contribution in [3.8, 4) is 11.5 Å². The number of hydrogen-bond acceptors (Lipinski definition) is 7. The second-order valence-electron chi connectivity index (χ2n) is 6.23. The van der Waals surface area contributed by atoms with E-state index in [1.807, 2.05) is 31.2 Å². The first kappa shape index (κ1) is 19.7. The number of sulfonamides is 1. The number of primary sulfonamides is 1. The van der Waals surface area contributed by atoms with E-state index in [0.29, 0.717) is 12.3 Å². The maximum Gasteiger partial charge on any atom is 0.306 e. The second-order valence-corrected chi connectivity index (χ2v) is 7.79. The lowest BCUT2D eigenvalue weighted by Gasteiger charge is -2.04. The minimum absolute atomic E-state index is 0.0281. The molecule has 2 N–H and O–H groups in total. The Morgan fingerprint density at radius 3 is 2.43 bits per heavy atom. The molecule has 0 unspecified atom stereocenters. The zero-order chi connectivity index (χ0) is 20.1. The lowest BCUT2D eigenvalue weighted by molar-refractivity contribution is -0.145. The molecule has 2 aromatic carbocycles. The third-order valence-electron chi connectivity index (χ3n) is 4.00. The summed E-state index contributed by atoms with van der Waals surface area (Å²) in [5.41, 5.74) is 2.71. The molecular weight excluding hydrogens is 382 g/mol. The van der Waals surface area contributed by atoms with Crippen LogP contribution < -0.4 is 5.14 Å². The Morgan fingerprint density at radius 2 is 1.79 bits per heavy atom. The molecule has 8 nitrogen and oxygen atoms in total. The van der Waals surface area contributed by atoms with Crippen LogP contribution in [0.25, 0.3) is 11.5 Å². The van der Waals surface area contributed by atoms with Crippen molar-refractivity contribution in [2.45, 2.75) is 31.3 Å². The van der Waals surface area contributed by atoms with E-state index < -0.39 is 16.0 Å². The molecule has 1 heterocycles. The minimum atomic E-state index is -3.72. The fourth-order valence-corrected chi connectivity index (χ4v) is 2.95. The Morgan fingerprint density at radius 1 is 1.11 bits per heavy atom. The Kier molecular flexibility index (Phi) is 5.86. The monoisotopic (exact) mass is 401 g/mol. The smallest absolute Gasteiger partial charge is 0.306 e. The molecule has 1 aromatic heterocycles. The van der Waals surface area contributed by atoms with Crippen molar-refractivity contribution in [3.63, 3.8) is 0 Å². The van der Waals surface area contributed by atoms with Gasteiger partial charge < -0.3 is 9.26 Å². The Labute approximate surface area is 162 Å². The number of esters is 1. The van der Waals surface area contributed by atoms with Crippen LogP contribution in [0.1, 0.15) is 23.4 Å². The van der Waals surface area contributed by atoms with Gasteiger partial charge in [-0.15, -0.1) is 0 Å². The molecule has 0 aliphatic heterocycles. The van der Waals surface area contributed by atoms with E-state index in [4.69, 9.17) is 14.4 Å². The number of carbonyl (C=O) groups is 1. The molecule has 0 aliphatic carbocycles. The Balaban J connectivity index is 1.49. The van der Waals surface area contributed by atoms with Crippen LogP contribution in [0.4, 0.5) is 0 Å². The second kappa shape index (κ2) is 8.32. The first-order valence-electron chi connectivity index (χ1n) is 8.48. The lowest BCUT2D eigenvalue weighted by Crippen LogP contribution is -2.12. The standard InChI is InChI=1S/C19H19N3O5S/c1-13-2-7-15(8-3-13)19-21-17(22-27-19)12-26-18(23)11-6-14-4-9-16(10-5-14)28(20,24)25/h2-5,7-10H,6,11-12H2,1H3,(H2,20,24,25). The van der Waals surface area contributed by atoms with Gasteiger partial charge in [-0.05, 0) is 43.2 Å². The molecule has 0 atom stereocenters. The fraction of sp³-hybridized carbons (Fsp3) is 0.211. The average molecular weight is 401 g/mol. The maximum atomic E-state index is 11.9. The van der Waals surface area contributed by atoms with Crippen LogP contribution >= 0.6 is 0 Å². The summed E-state index contributed by atoms with van der Waals surface area (Å²) in [5, 5.41) is 8.85. The number of benzene rings is 2. The fourth-order valence-electron chi connectivity index (χ4n) is 2.44. The molecule has 0 amide bonds. The molecule has 9 heteroatoms. The van der Waals surface area contributed by atoms with Crippen LogP contribution in [0, 0.1) is 6.92 Å². The molecule has 28 heavy (non-hydrogen) atoms. The third-order valence-corrected chi connectivity index (χ3v) is 4.93. The summed E-state index contributed by atoms with van der Waals surface area (Å²) in [6.45, 7) is 1.90. The highest BCUT2D eigenvalue weighted by molar-refractivity contribution is 7.89. The van der Waals surface area contributed by atoms with Crippen LogP contribution in [-0.2, 0) is 32.6 Å². The van der Waals surface area contributed by atoms with Crippen LogP contribution in [0.5, 0.6) is 0 Å². The molecule has 3 rings (SSSR count). The first-order valence-corrected chi connectivity index (χ1v) is 10.0. The Bertz CT molecular complexity index is 1060. The zero-order valence-electron chi connectivity index (χ0n) is 15.2. The number of carbonyl (C=O) groups excluding carboxylic acids is 1. The van der Waals surface area contributed by atoms with Gasteiger partial charge in [-0.1, -0.05) is 35.0 Å². The summed E-state index contributed by atoms with van der Waals surface area (Å²) in [4.78, 5) is 16.1. The number of aromatic nitrogens is 2. The quantitative estimate of drug-likeness (QED) is 0.602. The zero-order valence-corrected chi connectivity index (χ0v) is 16.0. The van der Waals surface area contributed by atoms with Gasteiger partial charge in [0.15, 0.2) is 6.61 Å². The predicted octanol–water partition coefficient (Wildman–Crippen LogP) is 2.37. The number of nitrogens with two attached hydrogens (primary N) is 1. The van der Waals surface area contributed by atoms with Gasteiger partial charge in [0.05, 0.1) is 4.90 Å². The summed E-state index contributed by atoms with van der Waals surface area (Å²) >= 11 is 0. The van der Waals surface area contributed by atoms with Crippen molar-refractivity contribution >= 4 is 16.0 Å². The highest BCUT2D eigenvalue weighted by Gasteiger charge is 2.12. The van der Waals surface area contributed by atoms with Crippen LogP contribution in [-0.4, -0.2) is 24.5 Å². The molecule has 0 fully saturated rings.